The molecule has 3 heteroatoms. The maximum atomic E-state index is 9.53. The molecule has 0 radical (unpaired) electrons. The predicted molar refractivity (Wildman–Crippen MR) is 97.4 cm³/mol. The highest BCUT2D eigenvalue weighted by atomic mass is 79.9. The molecule has 0 aliphatic heterocycles. The fraction of sp³-hybridized carbons (Fsp3) is 0. The molecule has 0 unspecified atom stereocenters. The largest absolute Gasteiger partial charge is 0.192 e. The van der Waals surface area contributed by atoms with Gasteiger partial charge in [0, 0.05) is 8.95 Å². The average molecular weight is 413 g/mol. The van der Waals surface area contributed by atoms with E-state index < -0.39 is 0 Å². The van der Waals surface area contributed by atoms with Crippen LogP contribution < -0.4 is 0 Å². The van der Waals surface area contributed by atoms with E-state index in [-0.39, 0.29) is 0 Å². The third kappa shape index (κ3) is 2.72. The van der Waals surface area contributed by atoms with E-state index in [4.69, 9.17) is 0 Å². The van der Waals surface area contributed by atoms with Gasteiger partial charge in [-0.25, -0.2) is 0 Å². The molecular weight excluding hydrogens is 402 g/mol. The summed E-state index contributed by atoms with van der Waals surface area (Å²) in [6, 6.07) is 24.5. The van der Waals surface area contributed by atoms with Crippen LogP contribution in [0.1, 0.15) is 5.56 Å². The fourth-order valence-electron chi connectivity index (χ4n) is 2.39. The van der Waals surface area contributed by atoms with E-state index >= 15 is 0 Å². The van der Waals surface area contributed by atoms with Gasteiger partial charge in [0.15, 0.2) is 0 Å². The highest BCUT2D eigenvalue weighted by Gasteiger charge is 2.16. The summed E-state index contributed by atoms with van der Waals surface area (Å²) in [6.45, 7) is 0. The molecule has 1 nitrogen and oxygen atoms in total. The van der Waals surface area contributed by atoms with Crippen LogP contribution in [0, 0.1) is 11.3 Å². The van der Waals surface area contributed by atoms with Crippen molar-refractivity contribution in [1.29, 1.82) is 5.26 Å². The molecule has 0 aliphatic rings. The lowest BCUT2D eigenvalue weighted by molar-refractivity contribution is 1.43. The molecule has 106 valence electrons. The maximum absolute atomic E-state index is 9.53. The molecule has 3 rings (SSSR count). The van der Waals surface area contributed by atoms with E-state index in [1.807, 2.05) is 60.7 Å². The number of halogens is 2. The van der Waals surface area contributed by atoms with Gasteiger partial charge in [-0.2, -0.15) is 5.26 Å². The molecule has 0 aromatic heterocycles. The summed E-state index contributed by atoms with van der Waals surface area (Å²) in [5.41, 5.74) is 4.80. The topological polar surface area (TPSA) is 23.8 Å². The molecule has 0 atom stereocenters. The van der Waals surface area contributed by atoms with Gasteiger partial charge in [0.25, 0.3) is 0 Å². The SMILES string of the molecule is N#Cc1c(Br)c(-c2ccccc2)cc(-c2ccccc2)c1Br. The second-order valence-corrected chi connectivity index (χ2v) is 6.40. The number of nitriles is 1. The molecule has 0 aliphatic carbocycles. The zero-order chi connectivity index (χ0) is 15.5. The predicted octanol–water partition coefficient (Wildman–Crippen LogP) is 6.42. The van der Waals surface area contributed by atoms with Crippen LogP contribution >= 0.6 is 31.9 Å². The van der Waals surface area contributed by atoms with E-state index in [1.54, 1.807) is 0 Å². The highest BCUT2D eigenvalue weighted by Crippen LogP contribution is 2.41. The van der Waals surface area contributed by atoms with Crippen molar-refractivity contribution in [2.45, 2.75) is 0 Å². The molecule has 0 heterocycles. The summed E-state index contributed by atoms with van der Waals surface area (Å²) in [7, 11) is 0. The van der Waals surface area contributed by atoms with Gasteiger partial charge in [0.1, 0.15) is 6.07 Å². The minimum absolute atomic E-state index is 0.611. The first-order valence-corrected chi connectivity index (χ1v) is 8.34. The lowest BCUT2D eigenvalue weighted by Gasteiger charge is -2.13. The summed E-state index contributed by atoms with van der Waals surface area (Å²) < 4.78 is 1.63. The van der Waals surface area contributed by atoms with Gasteiger partial charge < -0.3 is 0 Å². The van der Waals surface area contributed by atoms with E-state index in [0.29, 0.717) is 5.56 Å². The quantitative estimate of drug-likeness (QED) is 0.476. The second-order valence-electron chi connectivity index (χ2n) is 4.82. The van der Waals surface area contributed by atoms with E-state index in [1.165, 1.54) is 0 Å². The summed E-state index contributed by atoms with van der Waals surface area (Å²) in [5.74, 6) is 0. The average Bonchev–Trinajstić information content (AvgIpc) is 2.57. The van der Waals surface area contributed by atoms with Crippen molar-refractivity contribution in [2.75, 3.05) is 0 Å². The molecule has 0 N–H and O–H groups in total. The summed E-state index contributed by atoms with van der Waals surface area (Å²) in [4.78, 5) is 0. The van der Waals surface area contributed by atoms with Crippen LogP contribution in [0.3, 0.4) is 0 Å². The Morgan fingerprint density at radius 2 is 1.09 bits per heavy atom. The Labute approximate surface area is 146 Å². The molecule has 3 aromatic rings. The minimum Gasteiger partial charge on any atom is -0.192 e. The molecule has 0 saturated heterocycles. The van der Waals surface area contributed by atoms with Gasteiger partial charge in [-0.1, -0.05) is 60.7 Å². The molecule has 0 amide bonds. The van der Waals surface area contributed by atoms with Gasteiger partial charge in [-0.05, 0) is 60.2 Å². The van der Waals surface area contributed by atoms with Crippen molar-refractivity contribution in [3.05, 3.63) is 81.2 Å². The van der Waals surface area contributed by atoms with Crippen molar-refractivity contribution in [1.82, 2.24) is 0 Å². The fourth-order valence-corrected chi connectivity index (χ4v) is 3.92. The number of nitrogens with zero attached hydrogens (tertiary/aromatic N) is 1. The Hall–Kier alpha value is -1.89. The number of hydrogen-bond acceptors (Lipinski definition) is 1. The normalized spacial score (nSPS) is 10.2. The van der Waals surface area contributed by atoms with Crippen molar-refractivity contribution in [2.24, 2.45) is 0 Å². The van der Waals surface area contributed by atoms with Crippen LogP contribution in [0.2, 0.25) is 0 Å². The van der Waals surface area contributed by atoms with Crippen molar-refractivity contribution in [3.8, 4) is 28.3 Å². The van der Waals surface area contributed by atoms with E-state index in [2.05, 4.69) is 44.0 Å². The van der Waals surface area contributed by atoms with Crippen molar-refractivity contribution < 1.29 is 0 Å². The maximum Gasteiger partial charge on any atom is 0.102 e. The number of hydrogen-bond donors (Lipinski definition) is 0. The summed E-state index contributed by atoms with van der Waals surface area (Å²) in [6.07, 6.45) is 0. The molecule has 0 saturated carbocycles. The highest BCUT2D eigenvalue weighted by molar-refractivity contribution is 9.11. The van der Waals surface area contributed by atoms with Crippen LogP contribution in [0.4, 0.5) is 0 Å². The minimum atomic E-state index is 0.611. The van der Waals surface area contributed by atoms with Gasteiger partial charge in [-0.15, -0.1) is 0 Å². The standard InChI is InChI=1S/C19H11Br2N/c20-18-15(13-7-3-1-4-8-13)11-16(19(21)17(18)12-22)14-9-5-2-6-10-14/h1-11H. The summed E-state index contributed by atoms with van der Waals surface area (Å²) >= 11 is 7.17. The summed E-state index contributed by atoms with van der Waals surface area (Å²) in [5, 5.41) is 9.53. The molecular formula is C19H11Br2N. The lowest BCUT2D eigenvalue weighted by Crippen LogP contribution is -1.91. The van der Waals surface area contributed by atoms with Gasteiger partial charge in [-0.3, -0.25) is 0 Å². The number of benzene rings is 3. The van der Waals surface area contributed by atoms with Crippen LogP contribution in [-0.2, 0) is 0 Å². The van der Waals surface area contributed by atoms with Gasteiger partial charge in [0.2, 0.25) is 0 Å². The molecule has 22 heavy (non-hydrogen) atoms. The molecule has 0 fully saturated rings. The monoisotopic (exact) mass is 411 g/mol. The molecule has 0 bridgehead atoms. The van der Waals surface area contributed by atoms with E-state index in [0.717, 1.165) is 31.2 Å². The zero-order valence-electron chi connectivity index (χ0n) is 11.6. The Kier molecular flexibility index (Phi) is 4.42. The van der Waals surface area contributed by atoms with E-state index in [9.17, 15) is 5.26 Å². The Morgan fingerprint density at radius 1 is 0.682 bits per heavy atom. The first-order valence-electron chi connectivity index (χ1n) is 6.75. The Bertz CT molecular complexity index is 786. The lowest BCUT2D eigenvalue weighted by atomic mass is 9.96. The third-order valence-corrected chi connectivity index (χ3v) is 5.13. The smallest absolute Gasteiger partial charge is 0.102 e. The van der Waals surface area contributed by atoms with Gasteiger partial charge in [0.05, 0.1) is 5.56 Å². The first-order chi connectivity index (χ1) is 10.7. The van der Waals surface area contributed by atoms with Crippen LogP contribution in [0.15, 0.2) is 75.7 Å². The third-order valence-electron chi connectivity index (χ3n) is 3.48. The molecule has 0 spiro atoms. The first kappa shape index (κ1) is 15.0. The van der Waals surface area contributed by atoms with Crippen molar-refractivity contribution >= 4 is 31.9 Å². The van der Waals surface area contributed by atoms with Crippen molar-refractivity contribution in [3.63, 3.8) is 0 Å². The molecule has 3 aromatic carbocycles. The Balaban J connectivity index is 2.31. The van der Waals surface area contributed by atoms with Gasteiger partial charge >= 0.3 is 0 Å². The number of rotatable bonds is 2. The second kappa shape index (κ2) is 6.48. The van der Waals surface area contributed by atoms with Crippen LogP contribution in [0.5, 0.6) is 0 Å². The Morgan fingerprint density at radius 3 is 1.45 bits per heavy atom. The zero-order valence-corrected chi connectivity index (χ0v) is 14.7. The van der Waals surface area contributed by atoms with Crippen LogP contribution in [0.25, 0.3) is 22.3 Å². The van der Waals surface area contributed by atoms with Crippen LogP contribution in [-0.4, -0.2) is 0 Å².